The fraction of sp³-hybridized carbons (Fsp3) is 0.962. The number of ether oxygens (including phenoxy) is 1. The molecule has 0 radical (unpaired) electrons. The zero-order valence-electron chi connectivity index (χ0n) is 20.9. The number of likely N-dealkylation sites (tertiary alicyclic amines) is 1. The molecule has 1 amide bonds. The van der Waals surface area contributed by atoms with Crippen LogP contribution in [-0.4, -0.2) is 98.3 Å². The molecule has 3 aliphatic heterocycles. The zero-order valence-corrected chi connectivity index (χ0v) is 20.9. The van der Waals surface area contributed by atoms with Crippen molar-refractivity contribution in [3.05, 3.63) is 0 Å². The van der Waals surface area contributed by atoms with Crippen molar-refractivity contribution >= 4 is 5.91 Å². The van der Waals surface area contributed by atoms with Crippen molar-refractivity contribution < 1.29 is 9.53 Å². The number of methoxy groups -OCH3 is 1. The van der Waals surface area contributed by atoms with Crippen molar-refractivity contribution in [2.45, 2.75) is 83.4 Å². The van der Waals surface area contributed by atoms with E-state index in [-0.39, 0.29) is 0 Å². The quantitative estimate of drug-likeness (QED) is 0.677. The van der Waals surface area contributed by atoms with E-state index >= 15 is 0 Å². The molecule has 4 atom stereocenters. The standard InChI is InChI=1S/C26H48N4O2/c1-20(2)18-24(31)29-14-9-21(10-15-29)19-28-12-5-13-30(17-16-28)26-23(32-3)8-7-22-6-4-11-27-25(22)26/h20-23,25-27H,4-19H2,1-3H3. The highest BCUT2D eigenvalue weighted by Gasteiger charge is 2.43. The molecule has 4 fully saturated rings. The Kier molecular flexibility index (Phi) is 8.88. The third-order valence-electron chi connectivity index (χ3n) is 8.62. The van der Waals surface area contributed by atoms with Gasteiger partial charge in [0.1, 0.15) is 0 Å². The summed E-state index contributed by atoms with van der Waals surface area (Å²) in [6.45, 7) is 13.3. The lowest BCUT2D eigenvalue weighted by molar-refractivity contribution is -0.133. The number of rotatable bonds is 6. The number of nitrogens with zero attached hydrogens (tertiary/aromatic N) is 3. The zero-order chi connectivity index (χ0) is 22.5. The molecular weight excluding hydrogens is 400 g/mol. The monoisotopic (exact) mass is 448 g/mol. The second-order valence-electron chi connectivity index (χ2n) is 11.3. The van der Waals surface area contributed by atoms with Crippen LogP contribution in [0.2, 0.25) is 0 Å². The van der Waals surface area contributed by atoms with Crippen LogP contribution >= 0.6 is 0 Å². The number of amides is 1. The number of nitrogens with one attached hydrogen (secondary N) is 1. The van der Waals surface area contributed by atoms with Gasteiger partial charge in [0, 0.05) is 52.3 Å². The van der Waals surface area contributed by atoms with Crippen molar-refractivity contribution in [3.63, 3.8) is 0 Å². The molecule has 3 saturated heterocycles. The topological polar surface area (TPSA) is 48.1 Å². The van der Waals surface area contributed by atoms with Gasteiger partial charge in [-0.3, -0.25) is 9.69 Å². The van der Waals surface area contributed by atoms with Gasteiger partial charge in [-0.1, -0.05) is 13.8 Å². The first-order valence-electron chi connectivity index (χ1n) is 13.6. The first kappa shape index (κ1) is 24.4. The Balaban J connectivity index is 1.26. The molecule has 4 unspecified atom stereocenters. The Morgan fingerprint density at radius 1 is 0.969 bits per heavy atom. The number of hydrogen-bond donors (Lipinski definition) is 1. The number of hydrogen-bond acceptors (Lipinski definition) is 5. The van der Waals surface area contributed by atoms with E-state index < -0.39 is 0 Å². The number of fused-ring (bicyclic) bond motifs is 1. The molecule has 1 aliphatic carbocycles. The van der Waals surface area contributed by atoms with E-state index in [1.807, 2.05) is 7.11 Å². The van der Waals surface area contributed by atoms with Crippen LogP contribution in [0.4, 0.5) is 0 Å². The molecule has 0 bridgehead atoms. The minimum Gasteiger partial charge on any atom is -0.380 e. The van der Waals surface area contributed by atoms with E-state index in [9.17, 15) is 4.79 Å². The van der Waals surface area contributed by atoms with Gasteiger partial charge in [-0.15, -0.1) is 0 Å². The molecule has 0 aromatic rings. The lowest BCUT2D eigenvalue weighted by Crippen LogP contribution is -2.63. The van der Waals surface area contributed by atoms with E-state index in [2.05, 4.69) is 33.9 Å². The summed E-state index contributed by atoms with van der Waals surface area (Å²) in [5.41, 5.74) is 0. The summed E-state index contributed by atoms with van der Waals surface area (Å²) in [6.07, 6.45) is 9.95. The van der Waals surface area contributed by atoms with Gasteiger partial charge < -0.3 is 19.9 Å². The van der Waals surface area contributed by atoms with Gasteiger partial charge in [0.05, 0.1) is 12.1 Å². The SMILES string of the molecule is COC1CCC2CCCNC2C1N1CCCN(CC2CCN(C(=O)CC(C)C)CC2)CC1. The summed E-state index contributed by atoms with van der Waals surface area (Å²) in [6, 6.07) is 1.15. The maximum absolute atomic E-state index is 12.4. The fourth-order valence-corrected chi connectivity index (χ4v) is 6.88. The van der Waals surface area contributed by atoms with Crippen molar-refractivity contribution in [2.75, 3.05) is 59.5 Å². The predicted octanol–water partition coefficient (Wildman–Crippen LogP) is 2.82. The lowest BCUT2D eigenvalue weighted by atomic mass is 9.74. The van der Waals surface area contributed by atoms with Crippen LogP contribution in [-0.2, 0) is 9.53 Å². The Morgan fingerprint density at radius 3 is 2.53 bits per heavy atom. The molecule has 4 aliphatic rings. The second kappa shape index (κ2) is 11.6. The van der Waals surface area contributed by atoms with Crippen LogP contribution in [0.1, 0.15) is 65.2 Å². The summed E-state index contributed by atoms with van der Waals surface area (Å²) in [5, 5.41) is 3.89. The van der Waals surface area contributed by atoms with E-state index in [4.69, 9.17) is 4.74 Å². The van der Waals surface area contributed by atoms with E-state index in [1.54, 1.807) is 0 Å². The van der Waals surface area contributed by atoms with E-state index in [1.165, 1.54) is 84.2 Å². The molecule has 6 heteroatoms. The van der Waals surface area contributed by atoms with E-state index in [0.29, 0.717) is 36.4 Å². The van der Waals surface area contributed by atoms with Crippen molar-refractivity contribution in [1.29, 1.82) is 0 Å². The summed E-state index contributed by atoms with van der Waals surface area (Å²) < 4.78 is 6.02. The summed E-state index contributed by atoms with van der Waals surface area (Å²) in [4.78, 5) is 20.0. The van der Waals surface area contributed by atoms with Crippen molar-refractivity contribution in [3.8, 4) is 0 Å². The second-order valence-corrected chi connectivity index (χ2v) is 11.3. The van der Waals surface area contributed by atoms with Crippen LogP contribution in [0.5, 0.6) is 0 Å². The third kappa shape index (κ3) is 6.05. The first-order chi connectivity index (χ1) is 15.5. The highest BCUT2D eigenvalue weighted by molar-refractivity contribution is 5.76. The molecule has 4 rings (SSSR count). The first-order valence-corrected chi connectivity index (χ1v) is 13.6. The van der Waals surface area contributed by atoms with Gasteiger partial charge in [0.25, 0.3) is 0 Å². The molecule has 32 heavy (non-hydrogen) atoms. The predicted molar refractivity (Wildman–Crippen MR) is 130 cm³/mol. The van der Waals surface area contributed by atoms with Crippen LogP contribution in [0.25, 0.3) is 0 Å². The molecule has 3 heterocycles. The lowest BCUT2D eigenvalue weighted by Gasteiger charge is -2.49. The molecule has 0 aromatic carbocycles. The Bertz CT molecular complexity index is 592. The maximum atomic E-state index is 12.4. The smallest absolute Gasteiger partial charge is 0.222 e. The Hall–Kier alpha value is -0.690. The molecular formula is C26H48N4O2. The minimum absolute atomic E-state index is 0.360. The van der Waals surface area contributed by atoms with Crippen LogP contribution in [0.3, 0.4) is 0 Å². The highest BCUT2D eigenvalue weighted by atomic mass is 16.5. The average Bonchev–Trinajstić information content (AvgIpc) is 3.03. The molecule has 184 valence electrons. The molecule has 0 aromatic heterocycles. The third-order valence-corrected chi connectivity index (χ3v) is 8.62. The van der Waals surface area contributed by atoms with Crippen LogP contribution in [0, 0.1) is 17.8 Å². The van der Waals surface area contributed by atoms with Crippen LogP contribution < -0.4 is 5.32 Å². The van der Waals surface area contributed by atoms with Gasteiger partial charge in [-0.25, -0.2) is 0 Å². The van der Waals surface area contributed by atoms with Crippen LogP contribution in [0.15, 0.2) is 0 Å². The fourth-order valence-electron chi connectivity index (χ4n) is 6.88. The Labute approximate surface area is 196 Å². The average molecular weight is 449 g/mol. The summed E-state index contributed by atoms with van der Waals surface area (Å²) in [7, 11) is 1.92. The summed E-state index contributed by atoms with van der Waals surface area (Å²) >= 11 is 0. The van der Waals surface area contributed by atoms with Gasteiger partial charge >= 0.3 is 0 Å². The number of carbonyl (C=O) groups excluding carboxylic acids is 1. The Morgan fingerprint density at radius 2 is 1.78 bits per heavy atom. The van der Waals surface area contributed by atoms with Crippen molar-refractivity contribution in [2.24, 2.45) is 17.8 Å². The van der Waals surface area contributed by atoms with Crippen molar-refractivity contribution in [1.82, 2.24) is 20.0 Å². The molecule has 6 nitrogen and oxygen atoms in total. The normalized spacial score (nSPS) is 33.8. The number of carbonyl (C=O) groups is 1. The molecule has 1 N–H and O–H groups in total. The number of piperidine rings is 2. The minimum atomic E-state index is 0.360. The molecule has 0 spiro atoms. The van der Waals surface area contributed by atoms with Gasteiger partial charge in [0.15, 0.2) is 0 Å². The summed E-state index contributed by atoms with van der Waals surface area (Å²) in [5.74, 6) is 2.40. The van der Waals surface area contributed by atoms with E-state index in [0.717, 1.165) is 24.9 Å². The maximum Gasteiger partial charge on any atom is 0.222 e. The van der Waals surface area contributed by atoms with Gasteiger partial charge in [-0.05, 0) is 82.3 Å². The highest BCUT2D eigenvalue weighted by Crippen LogP contribution is 2.35. The largest absolute Gasteiger partial charge is 0.380 e. The molecule has 1 saturated carbocycles. The van der Waals surface area contributed by atoms with Gasteiger partial charge in [-0.2, -0.15) is 0 Å². The van der Waals surface area contributed by atoms with Gasteiger partial charge in [0.2, 0.25) is 5.91 Å².